The van der Waals surface area contributed by atoms with Crippen LogP contribution in [0.3, 0.4) is 0 Å². The zero-order valence-electron chi connectivity index (χ0n) is 20.9. The molecule has 0 aliphatic heterocycles. The fourth-order valence-electron chi connectivity index (χ4n) is 4.59. The second-order valence-electron chi connectivity index (χ2n) is 9.03. The summed E-state index contributed by atoms with van der Waals surface area (Å²) >= 11 is 0. The number of aromatic nitrogens is 7. The summed E-state index contributed by atoms with van der Waals surface area (Å²) in [4.78, 5) is 18.2. The van der Waals surface area contributed by atoms with Crippen molar-refractivity contribution >= 4 is 28.3 Å². The van der Waals surface area contributed by atoms with Crippen LogP contribution in [0.4, 0.5) is 11.5 Å². The predicted octanol–water partition coefficient (Wildman–Crippen LogP) is 4.50. The molecule has 0 amide bonds. The lowest BCUT2D eigenvalue weighted by Crippen LogP contribution is -2.20. The number of pyridine rings is 1. The lowest BCUT2D eigenvalue weighted by molar-refractivity contribution is 0.699. The molecule has 4 heterocycles. The summed E-state index contributed by atoms with van der Waals surface area (Å²) in [5.41, 5.74) is 5.25. The highest BCUT2D eigenvalue weighted by molar-refractivity contribution is 5.90. The summed E-state index contributed by atoms with van der Waals surface area (Å²) < 4.78 is 5.24. The molecule has 2 aromatic carbocycles. The van der Waals surface area contributed by atoms with Crippen molar-refractivity contribution < 1.29 is 0 Å². The number of fused-ring (bicyclic) bond motifs is 3. The molecule has 184 valence electrons. The van der Waals surface area contributed by atoms with Gasteiger partial charge in [-0.15, -0.1) is 10.2 Å². The van der Waals surface area contributed by atoms with Crippen LogP contribution in [0.1, 0.15) is 24.0 Å². The Hall–Kier alpha value is -4.79. The van der Waals surface area contributed by atoms with E-state index in [0.717, 1.165) is 34.0 Å². The molecular weight excluding hydrogens is 464 g/mol. The summed E-state index contributed by atoms with van der Waals surface area (Å²) in [6.45, 7) is 4.47. The predicted molar refractivity (Wildman–Crippen MR) is 144 cm³/mol. The van der Waals surface area contributed by atoms with Crippen LogP contribution in [0.2, 0.25) is 0 Å². The van der Waals surface area contributed by atoms with Crippen molar-refractivity contribution in [1.82, 2.24) is 33.9 Å². The quantitative estimate of drug-likeness (QED) is 0.369. The van der Waals surface area contributed by atoms with Gasteiger partial charge in [-0.2, -0.15) is 5.10 Å². The molecule has 0 saturated heterocycles. The Kier molecular flexibility index (Phi) is 5.52. The van der Waals surface area contributed by atoms with Gasteiger partial charge < -0.3 is 5.32 Å². The van der Waals surface area contributed by atoms with Crippen molar-refractivity contribution in [3.8, 4) is 11.3 Å². The van der Waals surface area contributed by atoms with E-state index in [1.54, 1.807) is 7.05 Å². The first-order chi connectivity index (χ1) is 18.0. The van der Waals surface area contributed by atoms with Crippen molar-refractivity contribution in [3.63, 3.8) is 0 Å². The molecule has 1 N–H and O–H groups in total. The van der Waals surface area contributed by atoms with Gasteiger partial charge in [0.05, 0.1) is 12.2 Å². The topological polar surface area (TPSA) is 94.9 Å². The van der Waals surface area contributed by atoms with Gasteiger partial charge in [-0.3, -0.25) is 14.3 Å². The van der Waals surface area contributed by atoms with E-state index in [4.69, 9.17) is 5.10 Å². The normalized spacial score (nSPS) is 11.4. The molecule has 0 saturated carbocycles. The van der Waals surface area contributed by atoms with E-state index >= 15 is 0 Å². The van der Waals surface area contributed by atoms with E-state index in [0.29, 0.717) is 35.6 Å². The monoisotopic (exact) mass is 490 g/mol. The Balaban J connectivity index is 1.49. The van der Waals surface area contributed by atoms with E-state index in [1.165, 1.54) is 4.57 Å². The smallest absolute Gasteiger partial charge is 0.268 e. The van der Waals surface area contributed by atoms with Crippen LogP contribution in [0.25, 0.3) is 28.1 Å². The van der Waals surface area contributed by atoms with Gasteiger partial charge in [0.2, 0.25) is 5.78 Å². The molecule has 0 bridgehead atoms. The summed E-state index contributed by atoms with van der Waals surface area (Å²) in [5.74, 6) is 1.85. The number of nitrogens with zero attached hydrogens (tertiary/aromatic N) is 7. The molecule has 0 spiro atoms. The lowest BCUT2D eigenvalue weighted by Gasteiger charge is -2.11. The number of para-hydroxylation sites is 1. The highest BCUT2D eigenvalue weighted by Crippen LogP contribution is 2.27. The minimum absolute atomic E-state index is 0.178. The molecule has 9 nitrogen and oxygen atoms in total. The van der Waals surface area contributed by atoms with E-state index in [2.05, 4.69) is 44.8 Å². The molecule has 0 unspecified atom stereocenters. The number of rotatable bonds is 6. The maximum atomic E-state index is 13.5. The highest BCUT2D eigenvalue weighted by Gasteiger charge is 2.22. The maximum absolute atomic E-state index is 13.5. The molecule has 0 aliphatic rings. The van der Waals surface area contributed by atoms with E-state index < -0.39 is 0 Å². The van der Waals surface area contributed by atoms with Gasteiger partial charge >= 0.3 is 0 Å². The van der Waals surface area contributed by atoms with Crippen molar-refractivity contribution in [2.45, 2.75) is 26.8 Å². The van der Waals surface area contributed by atoms with Gasteiger partial charge in [0, 0.05) is 30.4 Å². The van der Waals surface area contributed by atoms with Gasteiger partial charge in [-0.25, -0.2) is 9.08 Å². The number of nitrogens with one attached hydrogen (secondary N) is 1. The average Bonchev–Trinajstić information content (AvgIpc) is 3.50. The Bertz CT molecular complexity index is 1800. The second kappa shape index (κ2) is 9.02. The first-order valence-corrected chi connectivity index (χ1v) is 12.2. The number of anilines is 2. The number of hydrogen-bond acceptors (Lipinski definition) is 6. The molecule has 9 heteroatoms. The Morgan fingerprint density at radius 1 is 0.919 bits per heavy atom. The third-order valence-corrected chi connectivity index (χ3v) is 6.50. The van der Waals surface area contributed by atoms with Crippen LogP contribution in [0, 0.1) is 6.92 Å². The van der Waals surface area contributed by atoms with E-state index in [9.17, 15) is 4.79 Å². The first kappa shape index (κ1) is 22.7. The number of aryl methyl sites for hydroxylation is 3. The molecule has 6 rings (SSSR count). The zero-order chi connectivity index (χ0) is 25.5. The molecule has 0 atom stereocenters. The number of benzene rings is 2. The fourth-order valence-corrected chi connectivity index (χ4v) is 4.59. The standard InChI is InChI=1S/C28H26N8O/c1-4-23-31-32-28-34(3)27(37)24-25(30-21-10-6-5-7-11-21)35(33-26(24)36(23)28)17-19-13-15-20(16-14-19)22-12-8-9-18(2)29-22/h5-16,30H,4,17H2,1-3H3. The Morgan fingerprint density at radius 3 is 2.43 bits per heavy atom. The van der Waals surface area contributed by atoms with Gasteiger partial charge in [-0.05, 0) is 36.8 Å². The third kappa shape index (κ3) is 3.94. The van der Waals surface area contributed by atoms with Crippen LogP contribution in [0.15, 0.2) is 77.6 Å². The van der Waals surface area contributed by atoms with Crippen LogP contribution < -0.4 is 10.9 Å². The van der Waals surface area contributed by atoms with Crippen LogP contribution in [-0.2, 0) is 20.0 Å². The van der Waals surface area contributed by atoms with Crippen molar-refractivity contribution in [3.05, 3.63) is 100 Å². The van der Waals surface area contributed by atoms with Crippen LogP contribution in [-0.4, -0.2) is 33.9 Å². The van der Waals surface area contributed by atoms with Gasteiger partial charge in [0.25, 0.3) is 5.56 Å². The molecule has 0 aliphatic carbocycles. The SMILES string of the molecule is CCc1nnc2n(C)c(=O)c3c(Nc4ccccc4)n(Cc4ccc(-c5cccc(C)n5)cc4)nc3n12. The zero-order valence-corrected chi connectivity index (χ0v) is 20.9. The van der Waals surface area contributed by atoms with Gasteiger partial charge in [0.15, 0.2) is 5.65 Å². The lowest BCUT2D eigenvalue weighted by atomic mass is 10.1. The van der Waals surface area contributed by atoms with Gasteiger partial charge in [-0.1, -0.05) is 55.5 Å². The molecule has 0 fully saturated rings. The van der Waals surface area contributed by atoms with E-state index in [-0.39, 0.29) is 5.56 Å². The van der Waals surface area contributed by atoms with Crippen LogP contribution >= 0.6 is 0 Å². The van der Waals surface area contributed by atoms with Crippen molar-refractivity contribution in [1.29, 1.82) is 0 Å². The molecular formula is C28H26N8O. The highest BCUT2D eigenvalue weighted by atomic mass is 16.1. The minimum Gasteiger partial charge on any atom is -0.340 e. The molecule has 6 aromatic rings. The van der Waals surface area contributed by atoms with Crippen LogP contribution in [0.5, 0.6) is 0 Å². The molecule has 4 aromatic heterocycles. The Labute approximate surface area is 213 Å². The summed E-state index contributed by atoms with van der Waals surface area (Å²) in [5, 5.41) is 17.4. The third-order valence-electron chi connectivity index (χ3n) is 6.50. The molecule has 37 heavy (non-hydrogen) atoms. The Morgan fingerprint density at radius 2 is 1.70 bits per heavy atom. The summed E-state index contributed by atoms with van der Waals surface area (Å²) in [6.07, 6.45) is 0.664. The summed E-state index contributed by atoms with van der Waals surface area (Å²) in [6, 6.07) is 24.1. The molecule has 0 radical (unpaired) electrons. The number of hydrogen-bond donors (Lipinski definition) is 1. The maximum Gasteiger partial charge on any atom is 0.268 e. The van der Waals surface area contributed by atoms with Crippen molar-refractivity contribution in [2.75, 3.05) is 5.32 Å². The minimum atomic E-state index is -0.178. The average molecular weight is 491 g/mol. The largest absolute Gasteiger partial charge is 0.340 e. The van der Waals surface area contributed by atoms with Gasteiger partial charge in [0.1, 0.15) is 17.0 Å². The van der Waals surface area contributed by atoms with E-state index in [1.807, 2.05) is 71.5 Å². The van der Waals surface area contributed by atoms with Crippen molar-refractivity contribution in [2.24, 2.45) is 7.05 Å². The fraction of sp³-hybridized carbons (Fsp3) is 0.179. The first-order valence-electron chi connectivity index (χ1n) is 12.2. The second-order valence-corrected chi connectivity index (χ2v) is 9.03. The summed E-state index contributed by atoms with van der Waals surface area (Å²) in [7, 11) is 1.72.